The second kappa shape index (κ2) is 7.33. The van der Waals surface area contributed by atoms with Crippen LogP contribution < -0.4 is 15.4 Å². The van der Waals surface area contributed by atoms with Crippen molar-refractivity contribution in [3.05, 3.63) is 54.1 Å². The van der Waals surface area contributed by atoms with Crippen LogP contribution in [0.3, 0.4) is 0 Å². The molecule has 0 saturated heterocycles. The van der Waals surface area contributed by atoms with Gasteiger partial charge in [-0.1, -0.05) is 12.1 Å². The first-order chi connectivity index (χ1) is 10.2. The number of carbonyl (C=O) groups excluding carboxylic acids is 1. The molecule has 0 radical (unpaired) electrons. The number of rotatable bonds is 6. The van der Waals surface area contributed by atoms with E-state index in [-0.39, 0.29) is 5.91 Å². The van der Waals surface area contributed by atoms with E-state index < -0.39 is 0 Å². The summed E-state index contributed by atoms with van der Waals surface area (Å²) in [6.07, 6.45) is 0.417. The lowest BCUT2D eigenvalue weighted by atomic mass is 10.2. The van der Waals surface area contributed by atoms with E-state index in [0.29, 0.717) is 13.0 Å². The van der Waals surface area contributed by atoms with Crippen LogP contribution in [0.25, 0.3) is 0 Å². The number of carbonyl (C=O) groups is 1. The van der Waals surface area contributed by atoms with Gasteiger partial charge in [0.1, 0.15) is 5.75 Å². The van der Waals surface area contributed by atoms with Gasteiger partial charge in [-0.3, -0.25) is 4.79 Å². The first-order valence-corrected chi connectivity index (χ1v) is 6.92. The molecular weight excluding hydrogens is 264 g/mol. The van der Waals surface area contributed by atoms with Gasteiger partial charge < -0.3 is 15.4 Å². The maximum atomic E-state index is 11.8. The molecule has 1 amide bonds. The lowest BCUT2D eigenvalue weighted by molar-refractivity contribution is -0.115. The summed E-state index contributed by atoms with van der Waals surface area (Å²) in [5.41, 5.74) is 2.94. The molecule has 4 heteroatoms. The fourth-order valence-corrected chi connectivity index (χ4v) is 1.98. The largest absolute Gasteiger partial charge is 0.497 e. The van der Waals surface area contributed by atoms with Crippen molar-refractivity contribution in [2.75, 3.05) is 24.3 Å². The normalized spacial score (nSPS) is 10.0. The van der Waals surface area contributed by atoms with Gasteiger partial charge in [-0.2, -0.15) is 0 Å². The number of hydrogen-bond donors (Lipinski definition) is 2. The van der Waals surface area contributed by atoms with Crippen molar-refractivity contribution < 1.29 is 9.53 Å². The second-order valence-corrected chi connectivity index (χ2v) is 4.82. The number of amides is 1. The molecule has 2 N–H and O–H groups in total. The summed E-state index contributed by atoms with van der Waals surface area (Å²) in [6.45, 7) is 2.59. The molecule has 0 saturated carbocycles. The van der Waals surface area contributed by atoms with E-state index in [2.05, 4.69) is 10.6 Å². The van der Waals surface area contributed by atoms with Crippen molar-refractivity contribution in [3.8, 4) is 5.75 Å². The molecule has 2 aromatic carbocycles. The summed E-state index contributed by atoms with van der Waals surface area (Å²) in [5.74, 6) is 0.819. The van der Waals surface area contributed by atoms with E-state index in [9.17, 15) is 4.79 Å². The topological polar surface area (TPSA) is 50.4 Å². The van der Waals surface area contributed by atoms with Gasteiger partial charge in [0.25, 0.3) is 0 Å². The summed E-state index contributed by atoms with van der Waals surface area (Å²) in [6, 6.07) is 15.4. The van der Waals surface area contributed by atoms with Gasteiger partial charge in [-0.25, -0.2) is 0 Å². The van der Waals surface area contributed by atoms with Gasteiger partial charge in [-0.15, -0.1) is 0 Å². The monoisotopic (exact) mass is 284 g/mol. The number of anilines is 2. The minimum atomic E-state index is 0.00149. The van der Waals surface area contributed by atoms with Crippen molar-refractivity contribution >= 4 is 17.3 Å². The van der Waals surface area contributed by atoms with Crippen molar-refractivity contribution in [2.24, 2.45) is 0 Å². The smallest absolute Gasteiger partial charge is 0.226 e. The van der Waals surface area contributed by atoms with Crippen LogP contribution in [0.15, 0.2) is 48.5 Å². The van der Waals surface area contributed by atoms with Gasteiger partial charge in [0.15, 0.2) is 0 Å². The maximum absolute atomic E-state index is 11.8. The molecule has 0 aliphatic carbocycles. The Morgan fingerprint density at radius 3 is 2.52 bits per heavy atom. The molecule has 2 aromatic rings. The van der Waals surface area contributed by atoms with E-state index >= 15 is 0 Å². The highest BCUT2D eigenvalue weighted by atomic mass is 16.5. The zero-order chi connectivity index (χ0) is 15.1. The van der Waals surface area contributed by atoms with Gasteiger partial charge in [0.2, 0.25) is 5.91 Å². The molecule has 0 bridgehead atoms. The molecule has 110 valence electrons. The average Bonchev–Trinajstić information content (AvgIpc) is 2.48. The zero-order valence-electron chi connectivity index (χ0n) is 12.3. The predicted molar refractivity (Wildman–Crippen MR) is 85.9 cm³/mol. The Morgan fingerprint density at radius 2 is 1.86 bits per heavy atom. The Balaban J connectivity index is 1.76. The van der Waals surface area contributed by atoms with Crippen molar-refractivity contribution in [3.63, 3.8) is 0 Å². The van der Waals surface area contributed by atoms with E-state index in [0.717, 1.165) is 22.7 Å². The van der Waals surface area contributed by atoms with Crippen LogP contribution >= 0.6 is 0 Å². The van der Waals surface area contributed by atoms with Gasteiger partial charge in [0.05, 0.1) is 7.11 Å². The van der Waals surface area contributed by atoms with Crippen LogP contribution in [0.1, 0.15) is 12.0 Å². The number of hydrogen-bond acceptors (Lipinski definition) is 3. The summed E-state index contributed by atoms with van der Waals surface area (Å²) in [7, 11) is 1.64. The van der Waals surface area contributed by atoms with Crippen LogP contribution in [0.5, 0.6) is 5.75 Å². The molecule has 0 aromatic heterocycles. The molecule has 0 fully saturated rings. The van der Waals surface area contributed by atoms with Crippen molar-refractivity contribution in [1.82, 2.24) is 0 Å². The quantitative estimate of drug-likeness (QED) is 0.854. The Labute approximate surface area is 125 Å². The third kappa shape index (κ3) is 4.84. The van der Waals surface area contributed by atoms with Crippen LogP contribution in [0.4, 0.5) is 11.4 Å². The third-order valence-corrected chi connectivity index (χ3v) is 3.07. The minimum absolute atomic E-state index is 0.00149. The highest BCUT2D eigenvalue weighted by molar-refractivity contribution is 5.91. The molecule has 21 heavy (non-hydrogen) atoms. The predicted octanol–water partition coefficient (Wildman–Crippen LogP) is 3.44. The molecule has 4 nitrogen and oxygen atoms in total. The number of methoxy groups -OCH3 is 1. The van der Waals surface area contributed by atoms with Gasteiger partial charge >= 0.3 is 0 Å². The number of benzene rings is 2. The van der Waals surface area contributed by atoms with Gasteiger partial charge in [0, 0.05) is 24.3 Å². The number of aryl methyl sites for hydroxylation is 1. The fourth-order valence-electron chi connectivity index (χ4n) is 1.98. The third-order valence-electron chi connectivity index (χ3n) is 3.07. The molecule has 2 rings (SSSR count). The summed E-state index contributed by atoms with van der Waals surface area (Å²) < 4.78 is 5.10. The van der Waals surface area contributed by atoms with Crippen LogP contribution in [0.2, 0.25) is 0 Å². The Kier molecular flexibility index (Phi) is 5.21. The molecule has 0 heterocycles. The van der Waals surface area contributed by atoms with Gasteiger partial charge in [-0.05, 0) is 48.9 Å². The van der Waals surface area contributed by atoms with Crippen LogP contribution in [0, 0.1) is 6.92 Å². The SMILES string of the molecule is COc1ccc(NCCC(=O)Nc2cccc(C)c2)cc1. The maximum Gasteiger partial charge on any atom is 0.226 e. The highest BCUT2D eigenvalue weighted by Gasteiger charge is 2.02. The Hall–Kier alpha value is -2.49. The standard InChI is InChI=1S/C17H20N2O2/c1-13-4-3-5-15(12-13)19-17(20)10-11-18-14-6-8-16(21-2)9-7-14/h3-9,12,18H,10-11H2,1-2H3,(H,19,20). The van der Waals surface area contributed by atoms with E-state index in [1.165, 1.54) is 0 Å². The fraction of sp³-hybridized carbons (Fsp3) is 0.235. The molecule has 0 aliphatic heterocycles. The van der Waals surface area contributed by atoms with E-state index in [4.69, 9.17) is 4.74 Å². The first-order valence-electron chi connectivity index (χ1n) is 6.92. The van der Waals surface area contributed by atoms with E-state index in [1.807, 2.05) is 55.5 Å². The number of ether oxygens (including phenoxy) is 1. The average molecular weight is 284 g/mol. The van der Waals surface area contributed by atoms with Crippen LogP contribution in [-0.2, 0) is 4.79 Å². The molecule has 0 spiro atoms. The highest BCUT2D eigenvalue weighted by Crippen LogP contribution is 2.15. The van der Waals surface area contributed by atoms with Crippen molar-refractivity contribution in [2.45, 2.75) is 13.3 Å². The minimum Gasteiger partial charge on any atom is -0.497 e. The summed E-state index contributed by atoms with van der Waals surface area (Å²) in [4.78, 5) is 11.8. The molecule has 0 unspecified atom stereocenters. The molecule has 0 atom stereocenters. The lowest BCUT2D eigenvalue weighted by Gasteiger charge is -2.08. The summed E-state index contributed by atoms with van der Waals surface area (Å²) in [5, 5.41) is 6.10. The number of nitrogens with one attached hydrogen (secondary N) is 2. The zero-order valence-corrected chi connectivity index (χ0v) is 12.3. The lowest BCUT2D eigenvalue weighted by Crippen LogP contribution is -2.16. The van der Waals surface area contributed by atoms with E-state index in [1.54, 1.807) is 7.11 Å². The summed E-state index contributed by atoms with van der Waals surface area (Å²) >= 11 is 0. The molecule has 0 aliphatic rings. The Morgan fingerprint density at radius 1 is 1.10 bits per heavy atom. The Bertz CT molecular complexity index is 594. The van der Waals surface area contributed by atoms with Crippen molar-refractivity contribution in [1.29, 1.82) is 0 Å². The molecular formula is C17H20N2O2. The second-order valence-electron chi connectivity index (χ2n) is 4.82. The van der Waals surface area contributed by atoms with Crippen LogP contribution in [-0.4, -0.2) is 19.6 Å². The first kappa shape index (κ1) is 14.9.